The zero-order valence-electron chi connectivity index (χ0n) is 12.5. The highest BCUT2D eigenvalue weighted by Gasteiger charge is 2.23. The van der Waals surface area contributed by atoms with Gasteiger partial charge in [0.05, 0.1) is 0 Å². The molecule has 102 valence electrons. The van der Waals surface area contributed by atoms with E-state index in [0.29, 0.717) is 11.5 Å². The van der Waals surface area contributed by atoms with Crippen LogP contribution in [0.5, 0.6) is 0 Å². The van der Waals surface area contributed by atoms with Crippen molar-refractivity contribution >= 4 is 0 Å². The fourth-order valence-electron chi connectivity index (χ4n) is 2.28. The van der Waals surface area contributed by atoms with Crippen LogP contribution in [0, 0.1) is 11.3 Å². The van der Waals surface area contributed by atoms with E-state index in [-0.39, 0.29) is 0 Å². The Morgan fingerprint density at radius 2 is 1.94 bits per heavy atom. The molecule has 0 aromatic heterocycles. The predicted octanol–water partition coefficient (Wildman–Crippen LogP) is 3.18. The van der Waals surface area contributed by atoms with Gasteiger partial charge in [0.2, 0.25) is 0 Å². The number of hydrogen-bond acceptors (Lipinski definition) is 2. The Morgan fingerprint density at radius 1 is 1.24 bits per heavy atom. The molecule has 0 radical (unpaired) electrons. The van der Waals surface area contributed by atoms with Gasteiger partial charge in [-0.1, -0.05) is 34.1 Å². The van der Waals surface area contributed by atoms with Gasteiger partial charge >= 0.3 is 0 Å². The minimum Gasteiger partial charge on any atom is -0.314 e. The van der Waals surface area contributed by atoms with Gasteiger partial charge in [0.25, 0.3) is 0 Å². The van der Waals surface area contributed by atoms with Crippen LogP contribution in [0.4, 0.5) is 0 Å². The Hall–Kier alpha value is -0.0800. The molecule has 0 aromatic rings. The maximum Gasteiger partial charge on any atom is 0.00817 e. The van der Waals surface area contributed by atoms with Crippen molar-refractivity contribution < 1.29 is 0 Å². The first kappa shape index (κ1) is 15.0. The summed E-state index contributed by atoms with van der Waals surface area (Å²) >= 11 is 0. The van der Waals surface area contributed by atoms with E-state index in [0.717, 1.165) is 18.5 Å². The first-order valence-electron chi connectivity index (χ1n) is 7.38. The number of piperidine rings is 1. The second kappa shape index (κ2) is 6.75. The summed E-state index contributed by atoms with van der Waals surface area (Å²) in [6.45, 7) is 14.0. The molecule has 2 atom stereocenters. The van der Waals surface area contributed by atoms with Crippen LogP contribution in [0.25, 0.3) is 0 Å². The molecule has 1 aliphatic rings. The molecule has 2 nitrogen and oxygen atoms in total. The Morgan fingerprint density at radius 3 is 2.47 bits per heavy atom. The van der Waals surface area contributed by atoms with Crippen molar-refractivity contribution in [2.24, 2.45) is 11.3 Å². The van der Waals surface area contributed by atoms with Gasteiger partial charge in [-0.2, -0.15) is 0 Å². The minimum atomic E-state index is 0.397. The van der Waals surface area contributed by atoms with E-state index >= 15 is 0 Å². The van der Waals surface area contributed by atoms with Gasteiger partial charge in [0.1, 0.15) is 0 Å². The standard InChI is InChI=1S/C15H32N2/c1-12(2)15(4,5)11-17-13(3)10-14-8-6-7-9-16-14/h12-14,16-17H,6-11H2,1-5H3. The first-order chi connectivity index (χ1) is 7.92. The van der Waals surface area contributed by atoms with Gasteiger partial charge in [0, 0.05) is 18.6 Å². The van der Waals surface area contributed by atoms with E-state index in [9.17, 15) is 0 Å². The second-order valence-corrected chi connectivity index (χ2v) is 6.81. The van der Waals surface area contributed by atoms with Crippen molar-refractivity contribution in [1.82, 2.24) is 10.6 Å². The summed E-state index contributed by atoms with van der Waals surface area (Å²) in [4.78, 5) is 0. The monoisotopic (exact) mass is 240 g/mol. The van der Waals surface area contributed by atoms with Crippen LogP contribution < -0.4 is 10.6 Å². The Kier molecular flexibility index (Phi) is 5.94. The van der Waals surface area contributed by atoms with Crippen LogP contribution in [-0.2, 0) is 0 Å². The van der Waals surface area contributed by atoms with Crippen LogP contribution in [0.1, 0.15) is 60.3 Å². The van der Waals surface area contributed by atoms with Gasteiger partial charge in [0.15, 0.2) is 0 Å². The molecule has 0 aliphatic carbocycles. The molecule has 1 fully saturated rings. The third kappa shape index (κ3) is 5.39. The fraction of sp³-hybridized carbons (Fsp3) is 1.00. The number of hydrogen-bond donors (Lipinski definition) is 2. The van der Waals surface area contributed by atoms with Gasteiger partial charge in [-0.05, 0) is 44.1 Å². The molecule has 2 N–H and O–H groups in total. The first-order valence-corrected chi connectivity index (χ1v) is 7.38. The SMILES string of the molecule is CC(CC1CCCCN1)NCC(C)(C)C(C)C. The van der Waals surface area contributed by atoms with E-state index in [1.807, 2.05) is 0 Å². The number of nitrogens with one attached hydrogen (secondary N) is 2. The van der Waals surface area contributed by atoms with Gasteiger partial charge in [-0.3, -0.25) is 0 Å². The third-order valence-electron chi connectivity index (χ3n) is 4.52. The van der Waals surface area contributed by atoms with Crippen LogP contribution in [-0.4, -0.2) is 25.2 Å². The molecule has 1 rings (SSSR count). The highest BCUT2D eigenvalue weighted by Crippen LogP contribution is 2.25. The molecule has 0 amide bonds. The molecule has 0 saturated carbocycles. The molecular weight excluding hydrogens is 208 g/mol. The highest BCUT2D eigenvalue weighted by molar-refractivity contribution is 4.80. The van der Waals surface area contributed by atoms with Crippen LogP contribution in [0.15, 0.2) is 0 Å². The van der Waals surface area contributed by atoms with E-state index in [1.54, 1.807) is 0 Å². The molecule has 0 spiro atoms. The Labute approximate surface area is 108 Å². The zero-order chi connectivity index (χ0) is 12.9. The summed E-state index contributed by atoms with van der Waals surface area (Å²) in [5.74, 6) is 0.731. The number of rotatable bonds is 6. The minimum absolute atomic E-state index is 0.397. The lowest BCUT2D eigenvalue weighted by Crippen LogP contribution is -2.43. The second-order valence-electron chi connectivity index (χ2n) is 6.81. The Bertz CT molecular complexity index is 205. The average molecular weight is 240 g/mol. The van der Waals surface area contributed by atoms with Crippen molar-refractivity contribution in [1.29, 1.82) is 0 Å². The average Bonchev–Trinajstić information content (AvgIpc) is 2.28. The molecule has 0 aromatic carbocycles. The summed E-state index contributed by atoms with van der Waals surface area (Å²) in [5, 5.41) is 7.34. The van der Waals surface area contributed by atoms with Crippen molar-refractivity contribution in [3.63, 3.8) is 0 Å². The normalized spacial score (nSPS) is 24.0. The lowest BCUT2D eigenvalue weighted by Gasteiger charge is -2.32. The van der Waals surface area contributed by atoms with Gasteiger partial charge < -0.3 is 10.6 Å². The van der Waals surface area contributed by atoms with Gasteiger partial charge in [-0.25, -0.2) is 0 Å². The molecule has 1 saturated heterocycles. The maximum atomic E-state index is 3.71. The van der Waals surface area contributed by atoms with E-state index in [4.69, 9.17) is 0 Å². The van der Waals surface area contributed by atoms with Crippen LogP contribution in [0.2, 0.25) is 0 Å². The zero-order valence-corrected chi connectivity index (χ0v) is 12.5. The van der Waals surface area contributed by atoms with Crippen molar-refractivity contribution in [3.05, 3.63) is 0 Å². The predicted molar refractivity (Wildman–Crippen MR) is 76.3 cm³/mol. The summed E-state index contributed by atoms with van der Waals surface area (Å²) < 4.78 is 0. The van der Waals surface area contributed by atoms with E-state index in [1.165, 1.54) is 32.2 Å². The lowest BCUT2D eigenvalue weighted by molar-refractivity contribution is 0.223. The van der Waals surface area contributed by atoms with Crippen molar-refractivity contribution in [3.8, 4) is 0 Å². The van der Waals surface area contributed by atoms with Crippen LogP contribution >= 0.6 is 0 Å². The van der Waals surface area contributed by atoms with Crippen molar-refractivity contribution in [2.75, 3.05) is 13.1 Å². The molecular formula is C15H32N2. The lowest BCUT2D eigenvalue weighted by atomic mass is 9.81. The maximum absolute atomic E-state index is 3.71. The largest absolute Gasteiger partial charge is 0.314 e. The molecule has 0 bridgehead atoms. The molecule has 1 heterocycles. The highest BCUT2D eigenvalue weighted by atomic mass is 15.0. The molecule has 1 aliphatic heterocycles. The molecule has 2 unspecified atom stereocenters. The summed E-state index contributed by atoms with van der Waals surface area (Å²) in [6, 6.07) is 1.37. The van der Waals surface area contributed by atoms with Crippen LogP contribution in [0.3, 0.4) is 0 Å². The summed E-state index contributed by atoms with van der Waals surface area (Å²) in [5.41, 5.74) is 0.397. The van der Waals surface area contributed by atoms with Crippen molar-refractivity contribution in [2.45, 2.75) is 72.4 Å². The van der Waals surface area contributed by atoms with E-state index < -0.39 is 0 Å². The van der Waals surface area contributed by atoms with E-state index in [2.05, 4.69) is 45.3 Å². The third-order valence-corrected chi connectivity index (χ3v) is 4.52. The summed E-state index contributed by atoms with van der Waals surface area (Å²) in [7, 11) is 0. The fourth-order valence-corrected chi connectivity index (χ4v) is 2.28. The molecule has 2 heteroatoms. The Balaban J connectivity index is 2.22. The quantitative estimate of drug-likeness (QED) is 0.745. The summed E-state index contributed by atoms with van der Waals surface area (Å²) in [6.07, 6.45) is 5.40. The van der Waals surface area contributed by atoms with Gasteiger partial charge in [-0.15, -0.1) is 0 Å². The molecule has 17 heavy (non-hydrogen) atoms. The topological polar surface area (TPSA) is 24.1 Å². The smallest absolute Gasteiger partial charge is 0.00817 e.